The Morgan fingerprint density at radius 3 is 2.53 bits per heavy atom. The molecule has 0 heterocycles. The van der Waals surface area contributed by atoms with Gasteiger partial charge in [0, 0.05) is 16.6 Å². The minimum atomic E-state index is -0.474. The summed E-state index contributed by atoms with van der Waals surface area (Å²) < 4.78 is 19.5. The van der Waals surface area contributed by atoms with Gasteiger partial charge in [-0.15, -0.1) is 0 Å². The molecular formula is C13H9BrFNO3. The molecule has 0 atom stereocenters. The first-order valence-corrected chi connectivity index (χ1v) is 6.17. The summed E-state index contributed by atoms with van der Waals surface area (Å²) >= 11 is 3.23. The summed E-state index contributed by atoms with van der Waals surface area (Å²) in [7, 11) is 0. The van der Waals surface area contributed by atoms with E-state index in [1.165, 1.54) is 24.3 Å². The van der Waals surface area contributed by atoms with Gasteiger partial charge in [-0.3, -0.25) is 10.1 Å². The molecule has 0 fully saturated rings. The maximum absolute atomic E-state index is 13.4. The highest BCUT2D eigenvalue weighted by Crippen LogP contribution is 2.23. The fraction of sp³-hybridized carbons (Fsp3) is 0.0769. The minimum Gasteiger partial charge on any atom is -0.486 e. The molecule has 0 aliphatic rings. The number of non-ortho nitro benzene ring substituents is 1. The normalized spacial score (nSPS) is 10.2. The number of nitrogens with zero attached hydrogens (tertiary/aromatic N) is 1. The van der Waals surface area contributed by atoms with Crippen molar-refractivity contribution in [2.24, 2.45) is 0 Å². The van der Waals surface area contributed by atoms with Gasteiger partial charge in [0.15, 0.2) is 11.6 Å². The first-order chi connectivity index (χ1) is 9.06. The van der Waals surface area contributed by atoms with Crippen molar-refractivity contribution in [3.63, 3.8) is 0 Å². The Bertz CT molecular complexity index is 601. The van der Waals surface area contributed by atoms with Gasteiger partial charge in [0.2, 0.25) is 0 Å². The quantitative estimate of drug-likeness (QED) is 0.628. The Kier molecular flexibility index (Phi) is 4.11. The minimum absolute atomic E-state index is 0.0115. The highest BCUT2D eigenvalue weighted by Gasteiger charge is 2.06. The van der Waals surface area contributed by atoms with Gasteiger partial charge < -0.3 is 4.74 Å². The van der Waals surface area contributed by atoms with Crippen molar-refractivity contribution in [2.45, 2.75) is 6.61 Å². The topological polar surface area (TPSA) is 52.4 Å². The summed E-state index contributed by atoms with van der Waals surface area (Å²) in [5.41, 5.74) is 0.738. The van der Waals surface area contributed by atoms with E-state index in [0.29, 0.717) is 4.47 Å². The zero-order chi connectivity index (χ0) is 13.8. The number of nitro groups is 1. The molecule has 0 aromatic heterocycles. The second kappa shape index (κ2) is 5.79. The molecule has 19 heavy (non-hydrogen) atoms. The Morgan fingerprint density at radius 2 is 1.89 bits per heavy atom. The first-order valence-electron chi connectivity index (χ1n) is 5.37. The van der Waals surface area contributed by atoms with Crippen LogP contribution in [-0.4, -0.2) is 4.92 Å². The van der Waals surface area contributed by atoms with E-state index in [9.17, 15) is 14.5 Å². The van der Waals surface area contributed by atoms with Crippen LogP contribution in [0.5, 0.6) is 5.75 Å². The molecule has 0 radical (unpaired) electrons. The molecule has 2 aromatic carbocycles. The summed E-state index contributed by atoms with van der Waals surface area (Å²) in [4.78, 5) is 10.0. The third kappa shape index (κ3) is 3.51. The van der Waals surface area contributed by atoms with E-state index in [1.807, 2.05) is 0 Å². The summed E-state index contributed by atoms with van der Waals surface area (Å²) in [6, 6.07) is 10.3. The number of hydrogen-bond acceptors (Lipinski definition) is 3. The molecule has 0 aliphatic heterocycles. The number of benzene rings is 2. The molecule has 0 aliphatic carbocycles. The van der Waals surface area contributed by atoms with Crippen LogP contribution >= 0.6 is 15.9 Å². The summed E-state index contributed by atoms with van der Waals surface area (Å²) in [5, 5.41) is 10.5. The lowest BCUT2D eigenvalue weighted by Gasteiger charge is -2.07. The van der Waals surface area contributed by atoms with Gasteiger partial charge in [0.05, 0.1) is 4.92 Å². The fourth-order valence-electron chi connectivity index (χ4n) is 1.46. The van der Waals surface area contributed by atoms with Crippen LogP contribution in [0, 0.1) is 15.9 Å². The molecule has 0 saturated carbocycles. The lowest BCUT2D eigenvalue weighted by atomic mass is 10.2. The monoisotopic (exact) mass is 325 g/mol. The molecule has 0 saturated heterocycles. The summed E-state index contributed by atoms with van der Waals surface area (Å²) in [5.74, 6) is -0.321. The smallest absolute Gasteiger partial charge is 0.269 e. The number of rotatable bonds is 4. The van der Waals surface area contributed by atoms with E-state index in [1.54, 1.807) is 18.2 Å². The molecule has 0 bridgehead atoms. The third-order valence-corrected chi connectivity index (χ3v) is 2.93. The third-order valence-electron chi connectivity index (χ3n) is 2.43. The van der Waals surface area contributed by atoms with Crippen molar-refractivity contribution in [3.05, 3.63) is 68.4 Å². The Morgan fingerprint density at radius 1 is 1.21 bits per heavy atom. The van der Waals surface area contributed by atoms with E-state index in [2.05, 4.69) is 15.9 Å². The molecule has 2 rings (SSSR count). The van der Waals surface area contributed by atoms with Crippen LogP contribution in [0.1, 0.15) is 5.56 Å². The predicted octanol–water partition coefficient (Wildman–Crippen LogP) is 4.08. The zero-order valence-electron chi connectivity index (χ0n) is 9.68. The maximum atomic E-state index is 13.4. The number of halogens is 2. The molecule has 0 N–H and O–H groups in total. The number of ether oxygens (including phenoxy) is 1. The van der Waals surface area contributed by atoms with E-state index in [0.717, 1.165) is 5.56 Å². The van der Waals surface area contributed by atoms with Gasteiger partial charge >= 0.3 is 0 Å². The van der Waals surface area contributed by atoms with Crippen molar-refractivity contribution in [1.29, 1.82) is 0 Å². The van der Waals surface area contributed by atoms with Gasteiger partial charge in [0.1, 0.15) is 6.61 Å². The van der Waals surface area contributed by atoms with Gasteiger partial charge in [-0.25, -0.2) is 4.39 Å². The van der Waals surface area contributed by atoms with Crippen LogP contribution in [0.15, 0.2) is 46.9 Å². The number of nitro benzene ring substituents is 1. The molecule has 4 nitrogen and oxygen atoms in total. The lowest BCUT2D eigenvalue weighted by Crippen LogP contribution is -1.98. The van der Waals surface area contributed by atoms with Crippen LogP contribution in [0.3, 0.4) is 0 Å². The van der Waals surface area contributed by atoms with Gasteiger partial charge in [0.25, 0.3) is 5.69 Å². The van der Waals surface area contributed by atoms with Crippen LogP contribution < -0.4 is 4.74 Å². The molecule has 6 heteroatoms. The Labute approximate surface area is 117 Å². The van der Waals surface area contributed by atoms with Crippen molar-refractivity contribution >= 4 is 21.6 Å². The Hall–Kier alpha value is -1.95. The van der Waals surface area contributed by atoms with E-state index < -0.39 is 10.7 Å². The standard InChI is InChI=1S/C13H9BrFNO3/c14-10-3-6-12(15)13(7-10)19-8-9-1-4-11(5-2-9)16(17)18/h1-7H,8H2. The Balaban J connectivity index is 2.06. The average molecular weight is 326 g/mol. The maximum Gasteiger partial charge on any atom is 0.269 e. The van der Waals surface area contributed by atoms with Crippen LogP contribution in [0.25, 0.3) is 0 Å². The highest BCUT2D eigenvalue weighted by molar-refractivity contribution is 9.10. The van der Waals surface area contributed by atoms with Crippen LogP contribution in [-0.2, 0) is 6.61 Å². The second-order valence-electron chi connectivity index (χ2n) is 3.79. The molecular weight excluding hydrogens is 317 g/mol. The SMILES string of the molecule is O=[N+]([O-])c1ccc(COc2cc(Br)ccc2F)cc1. The second-order valence-corrected chi connectivity index (χ2v) is 4.70. The predicted molar refractivity (Wildman–Crippen MR) is 71.5 cm³/mol. The van der Waals surface area contributed by atoms with Crippen molar-refractivity contribution in [2.75, 3.05) is 0 Å². The first kappa shape index (κ1) is 13.5. The van der Waals surface area contributed by atoms with Gasteiger partial charge in [-0.2, -0.15) is 0 Å². The van der Waals surface area contributed by atoms with Crippen molar-refractivity contribution in [1.82, 2.24) is 0 Å². The lowest BCUT2D eigenvalue weighted by molar-refractivity contribution is -0.384. The van der Waals surface area contributed by atoms with Crippen LogP contribution in [0.2, 0.25) is 0 Å². The average Bonchev–Trinajstić information content (AvgIpc) is 2.40. The molecule has 0 amide bonds. The highest BCUT2D eigenvalue weighted by atomic mass is 79.9. The molecule has 98 valence electrons. The molecule has 0 spiro atoms. The van der Waals surface area contributed by atoms with Crippen molar-refractivity contribution < 1.29 is 14.1 Å². The van der Waals surface area contributed by atoms with E-state index in [4.69, 9.17) is 4.74 Å². The number of hydrogen-bond donors (Lipinski definition) is 0. The van der Waals surface area contributed by atoms with Crippen molar-refractivity contribution in [3.8, 4) is 5.75 Å². The van der Waals surface area contributed by atoms with E-state index >= 15 is 0 Å². The largest absolute Gasteiger partial charge is 0.486 e. The molecule has 0 unspecified atom stereocenters. The van der Waals surface area contributed by atoms with Gasteiger partial charge in [-0.05, 0) is 35.9 Å². The summed E-state index contributed by atoms with van der Waals surface area (Å²) in [6.45, 7) is 0.144. The zero-order valence-corrected chi connectivity index (χ0v) is 11.3. The molecule has 2 aromatic rings. The van der Waals surface area contributed by atoms with Gasteiger partial charge in [-0.1, -0.05) is 15.9 Å². The van der Waals surface area contributed by atoms with E-state index in [-0.39, 0.29) is 18.0 Å². The fourth-order valence-corrected chi connectivity index (χ4v) is 1.80. The summed E-state index contributed by atoms with van der Waals surface area (Å²) in [6.07, 6.45) is 0. The van der Waals surface area contributed by atoms with Crippen LogP contribution in [0.4, 0.5) is 10.1 Å².